The number of carbonyl (C=O) groups is 1. The van der Waals surface area contributed by atoms with Crippen LogP contribution in [0.4, 0.5) is 10.1 Å². The Labute approximate surface area is 115 Å². The number of benzene rings is 2. The Balaban J connectivity index is 2.28. The molecule has 5 heteroatoms. The van der Waals surface area contributed by atoms with Crippen molar-refractivity contribution < 1.29 is 14.3 Å². The van der Waals surface area contributed by atoms with Crippen molar-refractivity contribution in [2.24, 2.45) is 0 Å². The third kappa shape index (κ3) is 2.75. The fourth-order valence-electron chi connectivity index (χ4n) is 1.71. The number of nitrogens with one attached hydrogen (secondary N) is 1. The summed E-state index contributed by atoms with van der Waals surface area (Å²) in [6.45, 7) is 1.78. The zero-order valence-corrected chi connectivity index (χ0v) is 10.6. The molecule has 2 aromatic carbocycles. The molecule has 0 aliphatic carbocycles. The number of hydrogen-bond acceptors (Lipinski definition) is 3. The smallest absolute Gasteiger partial charge is 0.259 e. The highest BCUT2D eigenvalue weighted by Gasteiger charge is 2.13. The average Bonchev–Trinajstić information content (AvgIpc) is 2.43. The van der Waals surface area contributed by atoms with Crippen LogP contribution in [-0.2, 0) is 0 Å². The lowest BCUT2D eigenvalue weighted by Crippen LogP contribution is -2.13. The van der Waals surface area contributed by atoms with Gasteiger partial charge in [0.15, 0.2) is 0 Å². The molecule has 0 aliphatic rings. The zero-order valence-electron chi connectivity index (χ0n) is 10.6. The number of carbonyl (C=O) groups excluding carboxylic acids is 1. The monoisotopic (exact) mass is 270 g/mol. The molecule has 2 rings (SSSR count). The number of phenols is 1. The van der Waals surface area contributed by atoms with Gasteiger partial charge in [-0.15, -0.1) is 0 Å². The van der Waals surface area contributed by atoms with Crippen LogP contribution in [0.5, 0.6) is 5.75 Å². The maximum Gasteiger partial charge on any atom is 0.259 e. The van der Waals surface area contributed by atoms with Gasteiger partial charge in [-0.25, -0.2) is 4.39 Å². The Kier molecular flexibility index (Phi) is 3.67. The molecule has 1 amide bonds. The number of aromatic hydroxyl groups is 1. The van der Waals surface area contributed by atoms with E-state index < -0.39 is 11.7 Å². The second-order valence-electron chi connectivity index (χ2n) is 4.28. The minimum atomic E-state index is -0.704. The maximum atomic E-state index is 13.7. The van der Waals surface area contributed by atoms with Crippen LogP contribution >= 0.6 is 0 Å². The lowest BCUT2D eigenvalue weighted by molar-refractivity contribution is 0.102. The molecule has 0 aromatic heterocycles. The van der Waals surface area contributed by atoms with Gasteiger partial charge in [0.2, 0.25) is 0 Å². The molecule has 100 valence electrons. The molecule has 0 spiro atoms. The molecule has 20 heavy (non-hydrogen) atoms. The van der Waals surface area contributed by atoms with E-state index in [0.717, 1.165) is 11.6 Å². The molecule has 0 bridgehead atoms. The summed E-state index contributed by atoms with van der Waals surface area (Å²) in [5, 5.41) is 20.6. The first-order chi connectivity index (χ1) is 9.51. The second kappa shape index (κ2) is 5.41. The summed E-state index contributed by atoms with van der Waals surface area (Å²) < 4.78 is 13.7. The van der Waals surface area contributed by atoms with Crippen LogP contribution in [-0.4, -0.2) is 11.0 Å². The van der Waals surface area contributed by atoms with Crippen LogP contribution in [0, 0.1) is 24.1 Å². The van der Waals surface area contributed by atoms with E-state index in [9.17, 15) is 14.3 Å². The van der Waals surface area contributed by atoms with E-state index in [1.54, 1.807) is 19.1 Å². The van der Waals surface area contributed by atoms with Gasteiger partial charge in [0.25, 0.3) is 5.91 Å². The van der Waals surface area contributed by atoms with Crippen LogP contribution in [0.3, 0.4) is 0 Å². The molecule has 2 aromatic rings. The fraction of sp³-hybridized carbons (Fsp3) is 0.0667. The number of hydrogen-bond donors (Lipinski definition) is 2. The molecule has 0 aliphatic heterocycles. The third-order valence-electron chi connectivity index (χ3n) is 2.74. The molecule has 4 nitrogen and oxygen atoms in total. The van der Waals surface area contributed by atoms with Crippen LogP contribution in [0.2, 0.25) is 0 Å². The summed E-state index contributed by atoms with van der Waals surface area (Å²) in [4.78, 5) is 12.0. The van der Waals surface area contributed by atoms with Gasteiger partial charge < -0.3 is 10.4 Å². The van der Waals surface area contributed by atoms with Crippen LogP contribution in [0.15, 0.2) is 36.4 Å². The number of phenolic OH excluding ortho intramolecular Hbond substituents is 1. The quantitative estimate of drug-likeness (QED) is 0.881. The average molecular weight is 270 g/mol. The Hall–Kier alpha value is -2.87. The molecule has 0 radical (unpaired) electrons. The summed E-state index contributed by atoms with van der Waals surface area (Å²) in [6.07, 6.45) is 0. The number of halogens is 1. The van der Waals surface area contributed by atoms with Crippen LogP contribution < -0.4 is 5.32 Å². The number of anilines is 1. The fourth-order valence-corrected chi connectivity index (χ4v) is 1.71. The van der Waals surface area contributed by atoms with Crippen molar-refractivity contribution in [2.75, 3.05) is 5.32 Å². The molecule has 0 saturated carbocycles. The van der Waals surface area contributed by atoms with Gasteiger partial charge in [-0.3, -0.25) is 4.79 Å². The summed E-state index contributed by atoms with van der Waals surface area (Å²) in [6, 6.07) is 10.1. The summed E-state index contributed by atoms with van der Waals surface area (Å²) in [7, 11) is 0. The third-order valence-corrected chi connectivity index (χ3v) is 2.74. The Morgan fingerprint density at radius 2 is 2.05 bits per heavy atom. The summed E-state index contributed by atoms with van der Waals surface area (Å²) in [5.74, 6) is -1.50. The molecular formula is C15H11FN2O2. The van der Waals surface area contributed by atoms with E-state index in [0.29, 0.717) is 0 Å². The number of rotatable bonds is 2. The molecule has 0 heterocycles. The predicted molar refractivity (Wildman–Crippen MR) is 71.9 cm³/mol. The van der Waals surface area contributed by atoms with Gasteiger partial charge in [-0.1, -0.05) is 11.6 Å². The first-order valence-corrected chi connectivity index (χ1v) is 5.82. The first kappa shape index (κ1) is 13.6. The van der Waals surface area contributed by atoms with E-state index >= 15 is 0 Å². The van der Waals surface area contributed by atoms with E-state index in [1.165, 1.54) is 24.3 Å². The molecular weight excluding hydrogens is 259 g/mol. The Morgan fingerprint density at radius 3 is 2.70 bits per heavy atom. The van der Waals surface area contributed by atoms with Gasteiger partial charge >= 0.3 is 0 Å². The highest BCUT2D eigenvalue weighted by Crippen LogP contribution is 2.21. The van der Waals surface area contributed by atoms with E-state index in [2.05, 4.69) is 5.32 Å². The predicted octanol–water partition coefficient (Wildman–Crippen LogP) is 2.96. The minimum Gasteiger partial charge on any atom is -0.507 e. The van der Waals surface area contributed by atoms with E-state index in [-0.39, 0.29) is 22.6 Å². The van der Waals surface area contributed by atoms with Crippen molar-refractivity contribution in [3.8, 4) is 11.8 Å². The highest BCUT2D eigenvalue weighted by atomic mass is 19.1. The largest absolute Gasteiger partial charge is 0.507 e. The lowest BCUT2D eigenvalue weighted by Gasteiger charge is -2.08. The Morgan fingerprint density at radius 1 is 1.30 bits per heavy atom. The summed E-state index contributed by atoms with van der Waals surface area (Å²) in [5.41, 5.74) is 0.982. The van der Waals surface area contributed by atoms with Crippen LogP contribution in [0.25, 0.3) is 0 Å². The molecule has 0 fully saturated rings. The SMILES string of the molecule is Cc1ccc(O)c(C(=O)Nc2ccc(C#N)cc2F)c1. The van der Waals surface area contributed by atoms with Crippen molar-refractivity contribution in [3.05, 3.63) is 58.9 Å². The van der Waals surface area contributed by atoms with Gasteiger partial charge in [0.1, 0.15) is 11.6 Å². The van der Waals surface area contributed by atoms with E-state index in [4.69, 9.17) is 5.26 Å². The topological polar surface area (TPSA) is 73.1 Å². The number of aryl methyl sites for hydroxylation is 1. The van der Waals surface area contributed by atoms with Gasteiger partial charge in [0, 0.05) is 0 Å². The van der Waals surface area contributed by atoms with Crippen molar-refractivity contribution in [3.63, 3.8) is 0 Å². The second-order valence-corrected chi connectivity index (χ2v) is 4.28. The van der Waals surface area contributed by atoms with E-state index in [1.807, 2.05) is 0 Å². The molecule has 2 N–H and O–H groups in total. The summed E-state index contributed by atoms with van der Waals surface area (Å²) >= 11 is 0. The van der Waals surface area contributed by atoms with Crippen molar-refractivity contribution >= 4 is 11.6 Å². The molecule has 0 atom stereocenters. The standard InChI is InChI=1S/C15H11FN2O2/c1-9-2-5-14(19)11(6-9)15(20)18-13-4-3-10(8-17)7-12(13)16/h2-7,19H,1H3,(H,18,20). The number of amides is 1. The van der Waals surface area contributed by atoms with Gasteiger partial charge in [0.05, 0.1) is 22.9 Å². The van der Waals surface area contributed by atoms with Crippen molar-refractivity contribution in [2.45, 2.75) is 6.92 Å². The normalized spacial score (nSPS) is 9.85. The van der Waals surface area contributed by atoms with Crippen molar-refractivity contribution in [1.82, 2.24) is 0 Å². The van der Waals surface area contributed by atoms with Crippen molar-refractivity contribution in [1.29, 1.82) is 5.26 Å². The maximum absolute atomic E-state index is 13.7. The number of nitrogens with zero attached hydrogens (tertiary/aromatic N) is 1. The van der Waals surface area contributed by atoms with Crippen LogP contribution in [0.1, 0.15) is 21.5 Å². The molecule has 0 unspecified atom stereocenters. The Bertz CT molecular complexity index is 720. The minimum absolute atomic E-state index is 0.0464. The molecule has 0 saturated heterocycles. The van der Waals surface area contributed by atoms with Gasteiger partial charge in [-0.05, 0) is 37.3 Å². The first-order valence-electron chi connectivity index (χ1n) is 5.82. The lowest BCUT2D eigenvalue weighted by atomic mass is 10.1. The highest BCUT2D eigenvalue weighted by molar-refractivity contribution is 6.06. The zero-order chi connectivity index (χ0) is 14.7. The number of nitriles is 1. The van der Waals surface area contributed by atoms with Gasteiger partial charge in [-0.2, -0.15) is 5.26 Å².